The van der Waals surface area contributed by atoms with Crippen molar-refractivity contribution in [1.29, 1.82) is 0 Å². The number of hydrogen-bond donors (Lipinski definition) is 2. The van der Waals surface area contributed by atoms with Crippen LogP contribution in [0.5, 0.6) is 0 Å². The van der Waals surface area contributed by atoms with Gasteiger partial charge in [0.15, 0.2) is 0 Å². The molecule has 0 bridgehead atoms. The van der Waals surface area contributed by atoms with E-state index in [9.17, 15) is 4.79 Å². The SMILES string of the molecule is CC(=O)Nc1ccc(C(N)=S)c(Cl)c1. The molecule has 0 fully saturated rings. The second-order valence-corrected chi connectivity index (χ2v) is 3.59. The van der Waals surface area contributed by atoms with Gasteiger partial charge in [-0.1, -0.05) is 23.8 Å². The maximum atomic E-state index is 10.7. The summed E-state index contributed by atoms with van der Waals surface area (Å²) in [5, 5.41) is 3.04. The molecule has 0 saturated carbocycles. The van der Waals surface area contributed by atoms with Crippen LogP contribution in [0, 0.1) is 0 Å². The minimum absolute atomic E-state index is 0.149. The van der Waals surface area contributed by atoms with Crippen LogP contribution in [0.1, 0.15) is 12.5 Å². The molecule has 0 aliphatic heterocycles. The Balaban J connectivity index is 3.00. The molecule has 3 N–H and O–H groups in total. The van der Waals surface area contributed by atoms with Crippen LogP contribution in [0.25, 0.3) is 0 Å². The van der Waals surface area contributed by atoms with Gasteiger partial charge in [-0.05, 0) is 18.2 Å². The third-order valence-electron chi connectivity index (χ3n) is 1.55. The van der Waals surface area contributed by atoms with Crippen LogP contribution in [0.2, 0.25) is 5.02 Å². The van der Waals surface area contributed by atoms with E-state index < -0.39 is 0 Å². The predicted molar refractivity (Wildman–Crippen MR) is 61.6 cm³/mol. The summed E-state index contributed by atoms with van der Waals surface area (Å²) >= 11 is 10.7. The molecule has 3 nitrogen and oxygen atoms in total. The first-order chi connectivity index (χ1) is 6.50. The highest BCUT2D eigenvalue weighted by Crippen LogP contribution is 2.20. The molecule has 74 valence electrons. The van der Waals surface area contributed by atoms with Crippen LogP contribution < -0.4 is 11.1 Å². The van der Waals surface area contributed by atoms with Gasteiger partial charge in [0.25, 0.3) is 0 Å². The van der Waals surface area contributed by atoms with Gasteiger partial charge in [-0.25, -0.2) is 0 Å². The van der Waals surface area contributed by atoms with Crippen molar-refractivity contribution in [2.45, 2.75) is 6.92 Å². The molecule has 0 aliphatic rings. The van der Waals surface area contributed by atoms with Crippen molar-refractivity contribution >= 4 is 40.4 Å². The first kappa shape index (κ1) is 10.9. The number of benzene rings is 1. The van der Waals surface area contributed by atoms with Crippen molar-refractivity contribution in [2.75, 3.05) is 5.32 Å². The maximum absolute atomic E-state index is 10.7. The number of amides is 1. The topological polar surface area (TPSA) is 55.1 Å². The van der Waals surface area contributed by atoms with Crippen LogP contribution in [0.3, 0.4) is 0 Å². The summed E-state index contributed by atoms with van der Waals surface area (Å²) in [4.78, 5) is 11.0. The first-order valence-electron chi connectivity index (χ1n) is 3.87. The van der Waals surface area contributed by atoms with Gasteiger partial charge in [0, 0.05) is 18.2 Å². The number of anilines is 1. The van der Waals surface area contributed by atoms with Crippen molar-refractivity contribution < 1.29 is 4.79 Å². The normalized spacial score (nSPS) is 9.57. The highest BCUT2D eigenvalue weighted by Gasteiger charge is 2.04. The molecule has 0 spiro atoms. The van der Waals surface area contributed by atoms with E-state index in [0.29, 0.717) is 16.3 Å². The molecule has 5 heteroatoms. The predicted octanol–water partition coefficient (Wildman–Crippen LogP) is 1.93. The Hall–Kier alpha value is -1.13. The molecule has 0 atom stereocenters. The molecule has 14 heavy (non-hydrogen) atoms. The van der Waals surface area contributed by atoms with Crippen molar-refractivity contribution in [3.05, 3.63) is 28.8 Å². The van der Waals surface area contributed by atoms with Crippen LogP contribution in [-0.2, 0) is 4.79 Å². The average Bonchev–Trinajstić information content (AvgIpc) is 2.01. The van der Waals surface area contributed by atoms with Crippen molar-refractivity contribution in [3.63, 3.8) is 0 Å². The molecular weight excluding hydrogens is 220 g/mol. The Kier molecular flexibility index (Phi) is 3.43. The van der Waals surface area contributed by atoms with Crippen molar-refractivity contribution in [3.8, 4) is 0 Å². The van der Waals surface area contributed by atoms with Gasteiger partial charge >= 0.3 is 0 Å². The fourth-order valence-electron chi connectivity index (χ4n) is 0.996. The lowest BCUT2D eigenvalue weighted by Gasteiger charge is -2.05. The summed E-state index contributed by atoms with van der Waals surface area (Å²) < 4.78 is 0. The van der Waals surface area contributed by atoms with Gasteiger partial charge in [0.2, 0.25) is 5.91 Å². The molecular formula is C9H9ClN2OS. The Bertz CT molecular complexity index is 392. The number of hydrogen-bond acceptors (Lipinski definition) is 2. The smallest absolute Gasteiger partial charge is 0.221 e. The van der Waals surface area contributed by atoms with Crippen LogP contribution in [0.15, 0.2) is 18.2 Å². The van der Waals surface area contributed by atoms with Gasteiger partial charge in [-0.15, -0.1) is 0 Å². The molecule has 1 rings (SSSR count). The standard InChI is InChI=1S/C9H9ClN2OS/c1-5(13)12-6-2-3-7(9(11)14)8(10)4-6/h2-4H,1H3,(H2,11,14)(H,12,13). The molecule has 1 aromatic rings. The Morgan fingerprint density at radius 2 is 2.21 bits per heavy atom. The highest BCUT2D eigenvalue weighted by atomic mass is 35.5. The zero-order valence-electron chi connectivity index (χ0n) is 7.50. The Labute approximate surface area is 92.2 Å². The summed E-state index contributed by atoms with van der Waals surface area (Å²) in [6, 6.07) is 4.98. The second-order valence-electron chi connectivity index (χ2n) is 2.74. The van der Waals surface area contributed by atoms with E-state index in [1.54, 1.807) is 18.2 Å². The molecule has 0 radical (unpaired) electrons. The number of thiocarbonyl (C=S) groups is 1. The third-order valence-corrected chi connectivity index (χ3v) is 2.09. The van der Waals surface area contributed by atoms with Crippen LogP contribution in [-0.4, -0.2) is 10.9 Å². The molecule has 1 aromatic carbocycles. The lowest BCUT2D eigenvalue weighted by Crippen LogP contribution is -2.11. The first-order valence-corrected chi connectivity index (χ1v) is 4.66. The largest absolute Gasteiger partial charge is 0.389 e. The molecule has 0 aromatic heterocycles. The minimum Gasteiger partial charge on any atom is -0.389 e. The molecule has 0 heterocycles. The average molecular weight is 229 g/mol. The minimum atomic E-state index is -0.149. The zero-order chi connectivity index (χ0) is 10.7. The number of halogens is 1. The summed E-state index contributed by atoms with van der Waals surface area (Å²) in [5.41, 5.74) is 6.66. The lowest BCUT2D eigenvalue weighted by molar-refractivity contribution is -0.114. The fourth-order valence-corrected chi connectivity index (χ4v) is 1.51. The van der Waals surface area contributed by atoms with E-state index in [1.807, 2.05) is 0 Å². The summed E-state index contributed by atoms with van der Waals surface area (Å²) in [7, 11) is 0. The van der Waals surface area contributed by atoms with E-state index >= 15 is 0 Å². The summed E-state index contributed by atoms with van der Waals surface area (Å²) in [5.74, 6) is -0.149. The number of carbonyl (C=O) groups is 1. The molecule has 1 amide bonds. The number of nitrogens with two attached hydrogens (primary N) is 1. The van der Waals surface area contributed by atoms with Crippen molar-refractivity contribution in [1.82, 2.24) is 0 Å². The highest BCUT2D eigenvalue weighted by molar-refractivity contribution is 7.80. The summed E-state index contributed by atoms with van der Waals surface area (Å²) in [6.07, 6.45) is 0. The van der Waals surface area contributed by atoms with Gasteiger partial charge < -0.3 is 11.1 Å². The van der Waals surface area contributed by atoms with Gasteiger partial charge in [0.1, 0.15) is 4.99 Å². The third kappa shape index (κ3) is 2.68. The number of carbonyl (C=O) groups excluding carboxylic acids is 1. The number of rotatable bonds is 2. The van der Waals surface area contributed by atoms with E-state index in [1.165, 1.54) is 6.92 Å². The lowest BCUT2D eigenvalue weighted by atomic mass is 10.2. The second kappa shape index (κ2) is 4.39. The molecule has 0 saturated heterocycles. The van der Waals surface area contributed by atoms with E-state index in [4.69, 9.17) is 29.6 Å². The molecule has 0 unspecified atom stereocenters. The van der Waals surface area contributed by atoms with Gasteiger partial charge in [0.05, 0.1) is 5.02 Å². The number of nitrogens with one attached hydrogen (secondary N) is 1. The van der Waals surface area contributed by atoms with E-state index in [2.05, 4.69) is 5.32 Å². The van der Waals surface area contributed by atoms with E-state index in [-0.39, 0.29) is 10.9 Å². The Morgan fingerprint density at radius 1 is 1.57 bits per heavy atom. The quantitative estimate of drug-likeness (QED) is 0.761. The van der Waals surface area contributed by atoms with E-state index in [0.717, 1.165) is 0 Å². The van der Waals surface area contributed by atoms with Crippen LogP contribution >= 0.6 is 23.8 Å². The van der Waals surface area contributed by atoms with Gasteiger partial charge in [-0.3, -0.25) is 4.79 Å². The van der Waals surface area contributed by atoms with Gasteiger partial charge in [-0.2, -0.15) is 0 Å². The zero-order valence-corrected chi connectivity index (χ0v) is 9.08. The fraction of sp³-hybridized carbons (Fsp3) is 0.111. The molecule has 0 aliphatic carbocycles. The maximum Gasteiger partial charge on any atom is 0.221 e. The Morgan fingerprint density at radius 3 is 2.64 bits per heavy atom. The summed E-state index contributed by atoms with van der Waals surface area (Å²) in [6.45, 7) is 1.43. The van der Waals surface area contributed by atoms with Crippen molar-refractivity contribution in [2.24, 2.45) is 5.73 Å². The van der Waals surface area contributed by atoms with Crippen LogP contribution in [0.4, 0.5) is 5.69 Å². The monoisotopic (exact) mass is 228 g/mol.